The second kappa shape index (κ2) is 6.63. The highest BCUT2D eigenvalue weighted by Gasteiger charge is 2.27. The molecule has 0 aliphatic rings. The summed E-state index contributed by atoms with van der Waals surface area (Å²) >= 11 is 13.2. The van der Waals surface area contributed by atoms with Crippen molar-refractivity contribution in [3.63, 3.8) is 0 Å². The highest BCUT2D eigenvalue weighted by molar-refractivity contribution is 6.48. The van der Waals surface area contributed by atoms with Gasteiger partial charge in [-0.05, 0) is 22.8 Å². The van der Waals surface area contributed by atoms with Crippen molar-refractivity contribution in [1.29, 1.82) is 0 Å². The molecule has 2 rings (SSSR count). The number of halogens is 2. The molecule has 0 aliphatic carbocycles. The maximum Gasteiger partial charge on any atom is 0.143 e. The lowest BCUT2D eigenvalue weighted by atomic mass is 9.98. The molecule has 0 spiro atoms. The zero-order chi connectivity index (χ0) is 13.7. The van der Waals surface area contributed by atoms with Crippen LogP contribution in [0.15, 0.2) is 42.5 Å². The minimum absolute atomic E-state index is 0.783. The van der Waals surface area contributed by atoms with Crippen LogP contribution in [0.25, 0.3) is 10.8 Å². The fourth-order valence-corrected chi connectivity index (χ4v) is 3.05. The van der Waals surface area contributed by atoms with Crippen molar-refractivity contribution in [2.24, 2.45) is 0 Å². The first-order chi connectivity index (χ1) is 9.15. The molecule has 0 unspecified atom stereocenters. The summed E-state index contributed by atoms with van der Waals surface area (Å²) in [5.41, 5.74) is 1.03. The molecule has 0 N–H and O–H groups in total. The van der Waals surface area contributed by atoms with Gasteiger partial charge in [0.1, 0.15) is 4.33 Å². The summed E-state index contributed by atoms with van der Waals surface area (Å²) in [7, 11) is 0. The first-order valence-electron chi connectivity index (χ1n) is 7.01. The molecule has 0 fully saturated rings. The van der Waals surface area contributed by atoms with Gasteiger partial charge in [0, 0.05) is 0 Å². The number of rotatable bonds is 6. The predicted molar refractivity (Wildman–Crippen MR) is 86.1 cm³/mol. The van der Waals surface area contributed by atoms with Crippen LogP contribution in [0.3, 0.4) is 0 Å². The first kappa shape index (κ1) is 14.7. The Bertz CT molecular complexity index is 526. The molecular weight excluding hydrogens is 275 g/mol. The lowest BCUT2D eigenvalue weighted by molar-refractivity contribution is 0.603. The molecule has 0 atom stereocenters. The van der Waals surface area contributed by atoms with Crippen LogP contribution in [0.1, 0.15) is 44.6 Å². The minimum Gasteiger partial charge on any atom is -0.0963 e. The smallest absolute Gasteiger partial charge is 0.0963 e. The number of hydrogen-bond acceptors (Lipinski definition) is 0. The van der Waals surface area contributed by atoms with Gasteiger partial charge in [0.05, 0.1) is 0 Å². The summed E-state index contributed by atoms with van der Waals surface area (Å²) in [6.45, 7) is 2.21. The normalized spacial score (nSPS) is 11.9. The minimum atomic E-state index is -0.783. The summed E-state index contributed by atoms with van der Waals surface area (Å²) in [4.78, 5) is 0. The quantitative estimate of drug-likeness (QED) is 0.425. The number of hydrogen-bond donors (Lipinski definition) is 0. The molecule has 0 radical (unpaired) electrons. The van der Waals surface area contributed by atoms with E-state index in [2.05, 4.69) is 25.1 Å². The fourth-order valence-electron chi connectivity index (χ4n) is 2.45. The van der Waals surface area contributed by atoms with Crippen molar-refractivity contribution < 1.29 is 0 Å². The van der Waals surface area contributed by atoms with Crippen LogP contribution in [0.4, 0.5) is 0 Å². The maximum atomic E-state index is 6.58. The van der Waals surface area contributed by atoms with Gasteiger partial charge in [0.2, 0.25) is 0 Å². The molecule has 0 saturated carbocycles. The molecule has 0 aromatic heterocycles. The Labute approximate surface area is 125 Å². The topological polar surface area (TPSA) is 0 Å². The SMILES string of the molecule is CCCCCCC(Cl)(Cl)c1cccc2ccccc12. The molecule has 0 bridgehead atoms. The first-order valence-corrected chi connectivity index (χ1v) is 7.77. The van der Waals surface area contributed by atoms with Gasteiger partial charge in [0.25, 0.3) is 0 Å². The molecule has 19 heavy (non-hydrogen) atoms. The van der Waals surface area contributed by atoms with Gasteiger partial charge in [-0.3, -0.25) is 0 Å². The van der Waals surface area contributed by atoms with Crippen molar-refractivity contribution in [1.82, 2.24) is 0 Å². The molecule has 0 heterocycles. The van der Waals surface area contributed by atoms with Crippen molar-refractivity contribution >= 4 is 34.0 Å². The largest absolute Gasteiger partial charge is 0.143 e. The fraction of sp³-hybridized carbons (Fsp3) is 0.412. The van der Waals surface area contributed by atoms with Gasteiger partial charge < -0.3 is 0 Å². The molecular formula is C17H20Cl2. The van der Waals surface area contributed by atoms with Crippen LogP contribution in [0.2, 0.25) is 0 Å². The van der Waals surface area contributed by atoms with E-state index < -0.39 is 4.33 Å². The van der Waals surface area contributed by atoms with Gasteiger partial charge in [-0.1, -0.05) is 98.3 Å². The molecule has 0 aliphatic heterocycles. The average Bonchev–Trinajstić information content (AvgIpc) is 2.43. The summed E-state index contributed by atoms with van der Waals surface area (Å²) in [5, 5.41) is 2.35. The number of benzene rings is 2. The van der Waals surface area contributed by atoms with Crippen LogP contribution in [0, 0.1) is 0 Å². The van der Waals surface area contributed by atoms with Crippen molar-refractivity contribution in [3.05, 3.63) is 48.0 Å². The molecule has 0 nitrogen and oxygen atoms in total. The highest BCUT2D eigenvalue weighted by Crippen LogP contribution is 2.42. The Hall–Kier alpha value is -0.720. The molecule has 2 aromatic carbocycles. The highest BCUT2D eigenvalue weighted by atomic mass is 35.5. The van der Waals surface area contributed by atoms with E-state index in [0.29, 0.717) is 0 Å². The summed E-state index contributed by atoms with van der Waals surface area (Å²) in [5.74, 6) is 0. The van der Waals surface area contributed by atoms with E-state index in [1.807, 2.05) is 24.3 Å². The predicted octanol–water partition coefficient (Wildman–Crippen LogP) is 6.44. The summed E-state index contributed by atoms with van der Waals surface area (Å²) < 4.78 is -0.783. The van der Waals surface area contributed by atoms with Gasteiger partial charge in [0.15, 0.2) is 0 Å². The molecule has 2 heteroatoms. The van der Waals surface area contributed by atoms with Crippen LogP contribution in [0.5, 0.6) is 0 Å². The van der Waals surface area contributed by atoms with Crippen LogP contribution in [-0.4, -0.2) is 0 Å². The molecule has 0 amide bonds. The average molecular weight is 295 g/mol. The third-order valence-corrected chi connectivity index (χ3v) is 4.31. The number of unbranched alkanes of at least 4 members (excludes halogenated alkanes) is 3. The maximum absolute atomic E-state index is 6.58. The Kier molecular flexibility index (Phi) is 5.13. The van der Waals surface area contributed by atoms with E-state index in [1.54, 1.807) is 0 Å². The second-order valence-corrected chi connectivity index (χ2v) is 6.53. The van der Waals surface area contributed by atoms with Crippen molar-refractivity contribution in [3.8, 4) is 0 Å². The van der Waals surface area contributed by atoms with E-state index >= 15 is 0 Å². The monoisotopic (exact) mass is 294 g/mol. The Morgan fingerprint density at radius 3 is 2.42 bits per heavy atom. The van der Waals surface area contributed by atoms with E-state index in [1.165, 1.54) is 24.6 Å². The molecule has 2 aromatic rings. The Morgan fingerprint density at radius 2 is 1.63 bits per heavy atom. The van der Waals surface area contributed by atoms with Crippen LogP contribution in [-0.2, 0) is 4.33 Å². The van der Waals surface area contributed by atoms with Gasteiger partial charge in [-0.2, -0.15) is 0 Å². The third kappa shape index (κ3) is 3.64. The van der Waals surface area contributed by atoms with Crippen molar-refractivity contribution in [2.75, 3.05) is 0 Å². The van der Waals surface area contributed by atoms with E-state index in [-0.39, 0.29) is 0 Å². The van der Waals surface area contributed by atoms with Crippen LogP contribution >= 0.6 is 23.2 Å². The molecule has 0 saturated heterocycles. The van der Waals surface area contributed by atoms with Crippen LogP contribution < -0.4 is 0 Å². The van der Waals surface area contributed by atoms with Gasteiger partial charge in [-0.25, -0.2) is 0 Å². The third-order valence-electron chi connectivity index (χ3n) is 3.53. The lowest BCUT2D eigenvalue weighted by Gasteiger charge is -2.22. The Morgan fingerprint density at radius 1 is 0.895 bits per heavy atom. The number of alkyl halides is 2. The van der Waals surface area contributed by atoms with E-state index in [0.717, 1.165) is 23.8 Å². The number of fused-ring (bicyclic) bond motifs is 1. The Balaban J connectivity index is 2.22. The zero-order valence-electron chi connectivity index (χ0n) is 11.3. The summed E-state index contributed by atoms with van der Waals surface area (Å²) in [6, 6.07) is 14.4. The van der Waals surface area contributed by atoms with Crippen molar-refractivity contribution in [2.45, 2.75) is 43.4 Å². The molecule has 102 valence electrons. The standard InChI is InChI=1S/C17H20Cl2/c1-2-3-4-7-13-17(18,19)16-12-8-10-14-9-5-6-11-15(14)16/h5-6,8-12H,2-4,7,13H2,1H3. The second-order valence-electron chi connectivity index (χ2n) is 5.04. The van der Waals surface area contributed by atoms with E-state index in [4.69, 9.17) is 23.2 Å². The zero-order valence-corrected chi connectivity index (χ0v) is 12.8. The van der Waals surface area contributed by atoms with Gasteiger partial charge in [-0.15, -0.1) is 0 Å². The lowest BCUT2D eigenvalue weighted by Crippen LogP contribution is -2.10. The van der Waals surface area contributed by atoms with Gasteiger partial charge >= 0.3 is 0 Å². The van der Waals surface area contributed by atoms with E-state index in [9.17, 15) is 0 Å². The summed E-state index contributed by atoms with van der Waals surface area (Å²) in [6.07, 6.45) is 5.56.